The van der Waals surface area contributed by atoms with Gasteiger partial charge in [0.25, 0.3) is 5.91 Å². The molecule has 1 amide bonds. The normalized spacial score (nSPS) is 24.1. The molecular weight excluding hydrogens is 326 g/mol. The van der Waals surface area contributed by atoms with E-state index in [9.17, 15) is 9.59 Å². The molecule has 0 aromatic carbocycles. The Morgan fingerprint density at radius 1 is 1.38 bits per heavy atom. The molecule has 4 heterocycles. The maximum atomic E-state index is 12.3. The van der Waals surface area contributed by atoms with Gasteiger partial charge in [-0.05, 0) is 38.2 Å². The van der Waals surface area contributed by atoms with E-state index in [-0.39, 0.29) is 17.6 Å². The Morgan fingerprint density at radius 2 is 2.21 bits per heavy atom. The van der Waals surface area contributed by atoms with E-state index in [1.807, 2.05) is 12.3 Å². The summed E-state index contributed by atoms with van der Waals surface area (Å²) in [6.45, 7) is 0. The van der Waals surface area contributed by atoms with Gasteiger partial charge in [-0.15, -0.1) is 11.3 Å². The summed E-state index contributed by atoms with van der Waals surface area (Å²) in [6.07, 6.45) is 10.7. The zero-order valence-electron chi connectivity index (χ0n) is 12.9. The van der Waals surface area contributed by atoms with E-state index < -0.39 is 5.97 Å². The van der Waals surface area contributed by atoms with Crippen LogP contribution in [0.15, 0.2) is 23.5 Å². The first-order valence-corrected chi connectivity index (χ1v) is 8.93. The molecule has 1 unspecified atom stereocenters. The second-order valence-electron chi connectivity index (χ2n) is 6.42. The molecule has 0 bridgehead atoms. The van der Waals surface area contributed by atoms with E-state index in [4.69, 9.17) is 5.11 Å². The molecule has 1 saturated heterocycles. The van der Waals surface area contributed by atoms with Crippen molar-refractivity contribution >= 4 is 34.3 Å². The van der Waals surface area contributed by atoms with Crippen molar-refractivity contribution in [3.05, 3.63) is 39.8 Å². The number of carbonyl (C=O) groups is 2. The fraction of sp³-hybridized carbons (Fsp3) is 0.353. The van der Waals surface area contributed by atoms with Crippen LogP contribution in [-0.2, 0) is 22.4 Å². The summed E-state index contributed by atoms with van der Waals surface area (Å²) in [7, 11) is 0. The van der Waals surface area contributed by atoms with Crippen LogP contribution < -0.4 is 0 Å². The molecule has 122 valence electrons. The quantitative estimate of drug-likeness (QED) is 0.671. The molecule has 0 saturated carbocycles. The topological polar surface area (TPSA) is 74.9 Å². The Kier molecular flexibility index (Phi) is 2.79. The Morgan fingerprint density at radius 3 is 3.04 bits per heavy atom. The zero-order valence-corrected chi connectivity index (χ0v) is 13.7. The molecule has 1 N–H and O–H groups in total. The Bertz CT molecular complexity index is 965. The van der Waals surface area contributed by atoms with Crippen LogP contribution in [0.2, 0.25) is 0 Å². The highest BCUT2D eigenvalue weighted by Crippen LogP contribution is 2.39. The van der Waals surface area contributed by atoms with Gasteiger partial charge in [-0.1, -0.05) is 6.08 Å². The minimum absolute atomic E-state index is 0.0991. The van der Waals surface area contributed by atoms with Crippen LogP contribution in [0.1, 0.15) is 35.5 Å². The van der Waals surface area contributed by atoms with Gasteiger partial charge in [-0.25, -0.2) is 9.78 Å². The third kappa shape index (κ3) is 1.78. The molecule has 1 aliphatic carbocycles. The monoisotopic (exact) mass is 341 g/mol. The number of fused-ring (bicyclic) bond motifs is 4. The first-order valence-electron chi connectivity index (χ1n) is 8.12. The van der Waals surface area contributed by atoms with Crippen molar-refractivity contribution in [2.45, 2.75) is 38.1 Å². The summed E-state index contributed by atoms with van der Waals surface area (Å²) in [5, 5.41) is 9.11. The third-order valence-corrected chi connectivity index (χ3v) is 6.20. The lowest BCUT2D eigenvalue weighted by molar-refractivity contribution is -0.142. The summed E-state index contributed by atoms with van der Waals surface area (Å²) in [5.74, 6) is -1.26. The van der Waals surface area contributed by atoms with Crippen LogP contribution in [0.4, 0.5) is 0 Å². The maximum absolute atomic E-state index is 12.3. The molecule has 3 aliphatic rings. The smallest absolute Gasteiger partial charge is 0.352 e. The number of amides is 1. The summed E-state index contributed by atoms with van der Waals surface area (Å²) in [4.78, 5) is 31.8. The van der Waals surface area contributed by atoms with Gasteiger partial charge in [0.05, 0.1) is 11.7 Å². The summed E-state index contributed by atoms with van der Waals surface area (Å²) in [5.41, 5.74) is 2.89. The molecule has 2 aromatic heterocycles. The van der Waals surface area contributed by atoms with Gasteiger partial charge in [-0.2, -0.15) is 0 Å². The SMILES string of the molecule is O=C(O)C1=CCC2/C(=C\c3cn4c5c(sc4n3)CCCC5)C(=O)N12. The van der Waals surface area contributed by atoms with Gasteiger partial charge < -0.3 is 5.11 Å². The molecular formula is C17H15N3O3S. The van der Waals surface area contributed by atoms with E-state index in [1.165, 1.54) is 28.3 Å². The van der Waals surface area contributed by atoms with E-state index in [0.717, 1.165) is 23.5 Å². The fourth-order valence-electron chi connectivity index (χ4n) is 3.89. The van der Waals surface area contributed by atoms with Gasteiger partial charge in [-0.3, -0.25) is 14.1 Å². The molecule has 2 aliphatic heterocycles. The van der Waals surface area contributed by atoms with Crippen LogP contribution >= 0.6 is 11.3 Å². The number of thiazole rings is 1. The van der Waals surface area contributed by atoms with Gasteiger partial charge in [0.15, 0.2) is 4.96 Å². The minimum atomic E-state index is -1.04. The number of hydrogen-bond donors (Lipinski definition) is 1. The van der Waals surface area contributed by atoms with Gasteiger partial charge in [0.1, 0.15) is 5.70 Å². The van der Waals surface area contributed by atoms with E-state index >= 15 is 0 Å². The number of nitrogens with zero attached hydrogens (tertiary/aromatic N) is 3. The number of imidazole rings is 1. The van der Waals surface area contributed by atoms with Crippen LogP contribution in [0.25, 0.3) is 11.0 Å². The molecule has 6 nitrogen and oxygen atoms in total. The third-order valence-electron chi connectivity index (χ3n) is 5.04. The lowest BCUT2D eigenvalue weighted by atomic mass is 9.94. The predicted molar refractivity (Wildman–Crippen MR) is 88.7 cm³/mol. The number of aliphatic carboxylic acids is 1. The number of carboxylic acid groups (broad SMARTS) is 1. The number of rotatable bonds is 2. The van der Waals surface area contributed by atoms with Crippen molar-refractivity contribution in [3.8, 4) is 0 Å². The highest BCUT2D eigenvalue weighted by molar-refractivity contribution is 7.17. The second-order valence-corrected chi connectivity index (χ2v) is 7.48. The largest absolute Gasteiger partial charge is 0.477 e. The Labute approximate surface area is 141 Å². The lowest BCUT2D eigenvalue weighted by Crippen LogP contribution is -2.52. The molecule has 2 aromatic rings. The van der Waals surface area contributed by atoms with Crippen molar-refractivity contribution in [2.24, 2.45) is 0 Å². The average molecular weight is 341 g/mol. The molecule has 0 radical (unpaired) electrons. The van der Waals surface area contributed by atoms with Crippen molar-refractivity contribution < 1.29 is 14.7 Å². The van der Waals surface area contributed by atoms with E-state index in [0.29, 0.717) is 12.0 Å². The first kappa shape index (κ1) is 14.0. The fourth-order valence-corrected chi connectivity index (χ4v) is 5.08. The molecule has 0 spiro atoms. The maximum Gasteiger partial charge on any atom is 0.352 e. The number of aryl methyl sites for hydroxylation is 2. The van der Waals surface area contributed by atoms with Gasteiger partial charge in [0, 0.05) is 22.3 Å². The predicted octanol–water partition coefficient (Wildman–Crippen LogP) is 2.24. The lowest BCUT2D eigenvalue weighted by Gasteiger charge is -2.38. The average Bonchev–Trinajstić information content (AvgIpc) is 3.22. The van der Waals surface area contributed by atoms with Crippen molar-refractivity contribution in [1.29, 1.82) is 0 Å². The number of β-lactam (4-membered cyclic amide) rings is 1. The molecule has 1 atom stereocenters. The van der Waals surface area contributed by atoms with E-state index in [1.54, 1.807) is 17.4 Å². The number of carboxylic acids is 1. The standard InChI is InChI=1S/C17H15N3O3S/c21-15-10(11-5-6-13(16(22)23)20(11)15)7-9-8-19-12-3-1-2-4-14(12)24-17(19)18-9/h6-8,11H,1-5H2,(H,22,23)/b10-7+. The number of hydrogen-bond acceptors (Lipinski definition) is 4. The first-order chi connectivity index (χ1) is 11.6. The summed E-state index contributed by atoms with van der Waals surface area (Å²) >= 11 is 1.74. The molecule has 7 heteroatoms. The van der Waals surface area contributed by atoms with Crippen LogP contribution in [0, 0.1) is 0 Å². The van der Waals surface area contributed by atoms with Crippen molar-refractivity contribution in [3.63, 3.8) is 0 Å². The van der Waals surface area contributed by atoms with Crippen molar-refractivity contribution in [2.75, 3.05) is 0 Å². The van der Waals surface area contributed by atoms with Gasteiger partial charge >= 0.3 is 5.97 Å². The number of carbonyl (C=O) groups excluding carboxylic acids is 1. The van der Waals surface area contributed by atoms with E-state index in [2.05, 4.69) is 9.38 Å². The zero-order chi connectivity index (χ0) is 16.4. The Balaban J connectivity index is 1.47. The molecule has 1 fully saturated rings. The summed E-state index contributed by atoms with van der Waals surface area (Å²) in [6, 6.07) is -0.141. The number of aromatic nitrogens is 2. The van der Waals surface area contributed by atoms with Crippen LogP contribution in [0.5, 0.6) is 0 Å². The molecule has 5 rings (SSSR count). The van der Waals surface area contributed by atoms with Gasteiger partial charge in [0.2, 0.25) is 0 Å². The van der Waals surface area contributed by atoms with Crippen LogP contribution in [0.3, 0.4) is 0 Å². The Hall–Kier alpha value is -2.41. The highest BCUT2D eigenvalue weighted by Gasteiger charge is 2.48. The minimum Gasteiger partial charge on any atom is -0.477 e. The summed E-state index contributed by atoms with van der Waals surface area (Å²) < 4.78 is 2.15. The van der Waals surface area contributed by atoms with Crippen molar-refractivity contribution in [1.82, 2.24) is 14.3 Å². The highest BCUT2D eigenvalue weighted by atomic mass is 32.1. The second kappa shape index (κ2) is 4.80. The molecule has 24 heavy (non-hydrogen) atoms. The van der Waals surface area contributed by atoms with Crippen LogP contribution in [-0.4, -0.2) is 37.3 Å².